The molecule has 1 aromatic heterocycles. The number of aromatic nitrogens is 1. The predicted octanol–water partition coefficient (Wildman–Crippen LogP) is 3.17. The number of hydrogen-bond donors (Lipinski definition) is 1. The van der Waals surface area contributed by atoms with Crippen molar-refractivity contribution < 1.29 is 9.53 Å². The minimum atomic E-state index is -0.241. The molecule has 0 unspecified atom stereocenters. The van der Waals surface area contributed by atoms with E-state index >= 15 is 0 Å². The van der Waals surface area contributed by atoms with E-state index in [9.17, 15) is 4.79 Å². The number of hydrogen-bond acceptors (Lipinski definition) is 6. The van der Waals surface area contributed by atoms with Crippen LogP contribution in [0.5, 0.6) is 0 Å². The average Bonchev–Trinajstić information content (AvgIpc) is 2.94. The molecular formula is C15H15N3O2S. The Labute approximate surface area is 127 Å². The molecule has 0 bridgehead atoms. The molecule has 21 heavy (non-hydrogen) atoms. The summed E-state index contributed by atoms with van der Waals surface area (Å²) in [5.74, 6) is -0.241. The van der Waals surface area contributed by atoms with Crippen molar-refractivity contribution in [3.63, 3.8) is 0 Å². The zero-order valence-electron chi connectivity index (χ0n) is 11.8. The number of carbonyl (C=O) groups is 1. The third-order valence-electron chi connectivity index (χ3n) is 2.97. The van der Waals surface area contributed by atoms with Crippen LogP contribution in [-0.4, -0.2) is 18.1 Å². The monoisotopic (exact) mass is 301 g/mol. The first kappa shape index (κ1) is 15.0. The molecule has 108 valence electrons. The summed E-state index contributed by atoms with van der Waals surface area (Å²) in [6.07, 6.45) is 0.880. The van der Waals surface area contributed by atoms with Gasteiger partial charge in [0.1, 0.15) is 0 Å². The van der Waals surface area contributed by atoms with Crippen molar-refractivity contribution in [1.82, 2.24) is 4.98 Å². The molecule has 0 saturated carbocycles. The molecular weight excluding hydrogens is 286 g/mol. The van der Waals surface area contributed by atoms with Crippen molar-refractivity contribution >= 4 is 28.1 Å². The summed E-state index contributed by atoms with van der Waals surface area (Å²) >= 11 is 1.47. The number of nitrogens with zero attached hydrogens (tertiary/aromatic N) is 2. The van der Waals surface area contributed by atoms with Gasteiger partial charge in [-0.25, -0.2) is 4.98 Å². The lowest BCUT2D eigenvalue weighted by molar-refractivity contribution is -0.140. The lowest BCUT2D eigenvalue weighted by atomic mass is 10.1. The summed E-state index contributed by atoms with van der Waals surface area (Å²) in [4.78, 5) is 15.5. The SMILES string of the molecule is COC(=O)CCc1csc(Nc2cc(C#N)ccc2C)n1. The zero-order valence-corrected chi connectivity index (χ0v) is 12.7. The third-order valence-corrected chi connectivity index (χ3v) is 3.78. The minimum absolute atomic E-state index is 0.241. The van der Waals surface area contributed by atoms with E-state index < -0.39 is 0 Å². The number of esters is 1. The van der Waals surface area contributed by atoms with Crippen LogP contribution in [0, 0.1) is 18.3 Å². The number of methoxy groups -OCH3 is 1. The molecule has 0 saturated heterocycles. The maximum Gasteiger partial charge on any atom is 0.305 e. The highest BCUT2D eigenvalue weighted by Crippen LogP contribution is 2.24. The predicted molar refractivity (Wildman–Crippen MR) is 81.6 cm³/mol. The molecule has 0 amide bonds. The van der Waals surface area contributed by atoms with Crippen LogP contribution in [-0.2, 0) is 16.0 Å². The number of aryl methyl sites for hydroxylation is 2. The molecule has 1 aromatic carbocycles. The van der Waals surface area contributed by atoms with E-state index in [2.05, 4.69) is 21.1 Å². The average molecular weight is 301 g/mol. The molecule has 0 radical (unpaired) electrons. The van der Waals surface area contributed by atoms with Gasteiger partial charge in [-0.05, 0) is 24.6 Å². The standard InChI is InChI=1S/C15H15N3O2S/c1-10-3-4-11(8-16)7-13(10)18-15-17-12(9-21-15)5-6-14(19)20-2/h3-4,7,9H,5-6H2,1-2H3,(H,17,18). The number of thiazole rings is 1. The zero-order chi connectivity index (χ0) is 15.2. The number of nitriles is 1. The van der Waals surface area contributed by atoms with E-state index in [1.807, 2.05) is 18.4 Å². The van der Waals surface area contributed by atoms with Gasteiger partial charge in [0.05, 0.1) is 30.9 Å². The van der Waals surface area contributed by atoms with Gasteiger partial charge < -0.3 is 10.1 Å². The second-order valence-corrected chi connectivity index (χ2v) is 5.34. The summed E-state index contributed by atoms with van der Waals surface area (Å²) in [5, 5.41) is 14.8. The molecule has 0 fully saturated rings. The maximum atomic E-state index is 11.1. The summed E-state index contributed by atoms with van der Waals surface area (Å²) < 4.78 is 4.61. The minimum Gasteiger partial charge on any atom is -0.469 e. The van der Waals surface area contributed by atoms with Crippen molar-refractivity contribution in [1.29, 1.82) is 5.26 Å². The van der Waals surface area contributed by atoms with Gasteiger partial charge in [-0.15, -0.1) is 11.3 Å². The van der Waals surface area contributed by atoms with Crippen LogP contribution in [0.15, 0.2) is 23.6 Å². The molecule has 1 heterocycles. The van der Waals surface area contributed by atoms with Crippen molar-refractivity contribution in [3.05, 3.63) is 40.4 Å². The lowest BCUT2D eigenvalue weighted by Crippen LogP contribution is -2.02. The van der Waals surface area contributed by atoms with Crippen LogP contribution in [0.1, 0.15) is 23.2 Å². The van der Waals surface area contributed by atoms with Crippen LogP contribution < -0.4 is 5.32 Å². The number of benzene rings is 1. The molecule has 0 spiro atoms. The summed E-state index contributed by atoms with van der Waals surface area (Å²) in [6.45, 7) is 1.97. The van der Waals surface area contributed by atoms with Crippen LogP contribution in [0.25, 0.3) is 0 Å². The summed E-state index contributed by atoms with van der Waals surface area (Å²) in [5.41, 5.74) is 3.36. The second kappa shape index (κ2) is 6.86. The van der Waals surface area contributed by atoms with Crippen LogP contribution in [0.2, 0.25) is 0 Å². The highest BCUT2D eigenvalue weighted by atomic mass is 32.1. The Bertz CT molecular complexity index is 688. The fourth-order valence-corrected chi connectivity index (χ4v) is 2.51. The molecule has 2 aromatic rings. The van der Waals surface area contributed by atoms with Gasteiger partial charge in [0.2, 0.25) is 0 Å². The smallest absolute Gasteiger partial charge is 0.305 e. The number of ether oxygens (including phenoxy) is 1. The first-order chi connectivity index (χ1) is 10.1. The van der Waals surface area contributed by atoms with Gasteiger partial charge in [0, 0.05) is 17.5 Å². The van der Waals surface area contributed by atoms with E-state index in [-0.39, 0.29) is 5.97 Å². The van der Waals surface area contributed by atoms with E-state index in [4.69, 9.17) is 5.26 Å². The Balaban J connectivity index is 2.06. The molecule has 0 aliphatic heterocycles. The molecule has 0 atom stereocenters. The van der Waals surface area contributed by atoms with E-state index in [1.54, 1.807) is 12.1 Å². The van der Waals surface area contributed by atoms with Crippen LogP contribution in [0.3, 0.4) is 0 Å². The topological polar surface area (TPSA) is 75.0 Å². The first-order valence-corrected chi connectivity index (χ1v) is 7.29. The highest BCUT2D eigenvalue weighted by molar-refractivity contribution is 7.13. The fourth-order valence-electron chi connectivity index (χ4n) is 1.75. The van der Waals surface area contributed by atoms with Crippen molar-refractivity contribution in [2.45, 2.75) is 19.8 Å². The Hall–Kier alpha value is -2.39. The fraction of sp³-hybridized carbons (Fsp3) is 0.267. The van der Waals surface area contributed by atoms with Gasteiger partial charge in [0.15, 0.2) is 5.13 Å². The molecule has 2 rings (SSSR count). The third kappa shape index (κ3) is 4.04. The Kier molecular flexibility index (Phi) is 4.90. The first-order valence-electron chi connectivity index (χ1n) is 6.41. The molecule has 0 aliphatic carbocycles. The van der Waals surface area contributed by atoms with Gasteiger partial charge in [-0.2, -0.15) is 5.26 Å². The number of carbonyl (C=O) groups excluding carboxylic acids is 1. The van der Waals surface area contributed by atoms with Crippen molar-refractivity contribution in [3.8, 4) is 6.07 Å². The summed E-state index contributed by atoms with van der Waals surface area (Å²) in [7, 11) is 1.38. The van der Waals surface area contributed by atoms with E-state index in [0.717, 1.165) is 22.1 Å². The van der Waals surface area contributed by atoms with Crippen LogP contribution in [0.4, 0.5) is 10.8 Å². The Morgan fingerprint density at radius 2 is 2.33 bits per heavy atom. The maximum absolute atomic E-state index is 11.1. The largest absolute Gasteiger partial charge is 0.469 e. The van der Waals surface area contributed by atoms with E-state index in [1.165, 1.54) is 18.4 Å². The number of rotatable bonds is 5. The normalized spacial score (nSPS) is 9.95. The molecule has 5 nitrogen and oxygen atoms in total. The van der Waals surface area contributed by atoms with Crippen molar-refractivity contribution in [2.75, 3.05) is 12.4 Å². The highest BCUT2D eigenvalue weighted by Gasteiger charge is 2.07. The van der Waals surface area contributed by atoms with Gasteiger partial charge >= 0.3 is 5.97 Å². The van der Waals surface area contributed by atoms with Gasteiger partial charge in [0.25, 0.3) is 0 Å². The molecule has 1 N–H and O–H groups in total. The summed E-state index contributed by atoms with van der Waals surface area (Å²) in [6, 6.07) is 7.59. The quantitative estimate of drug-likeness (QED) is 0.858. The lowest BCUT2D eigenvalue weighted by Gasteiger charge is -2.06. The Morgan fingerprint density at radius 3 is 3.05 bits per heavy atom. The van der Waals surface area contributed by atoms with Crippen LogP contribution >= 0.6 is 11.3 Å². The number of nitrogens with one attached hydrogen (secondary N) is 1. The van der Waals surface area contributed by atoms with E-state index in [0.29, 0.717) is 18.4 Å². The number of anilines is 2. The Morgan fingerprint density at radius 1 is 1.52 bits per heavy atom. The molecule has 6 heteroatoms. The van der Waals surface area contributed by atoms with Gasteiger partial charge in [-0.1, -0.05) is 6.07 Å². The van der Waals surface area contributed by atoms with Gasteiger partial charge in [-0.3, -0.25) is 4.79 Å². The molecule has 0 aliphatic rings. The van der Waals surface area contributed by atoms with Crippen molar-refractivity contribution in [2.24, 2.45) is 0 Å². The second-order valence-electron chi connectivity index (χ2n) is 4.49.